The van der Waals surface area contributed by atoms with Crippen molar-refractivity contribution in [2.24, 2.45) is 0 Å². The van der Waals surface area contributed by atoms with Crippen LogP contribution in [0, 0.1) is 13.8 Å². The molecule has 0 unspecified atom stereocenters. The Labute approximate surface area is 99.4 Å². The third-order valence-corrected chi connectivity index (χ3v) is 2.62. The highest BCUT2D eigenvalue weighted by atomic mass is 32.3. The van der Waals surface area contributed by atoms with Gasteiger partial charge in [0.25, 0.3) is 10.1 Å². The fourth-order valence-electron chi connectivity index (χ4n) is 1.09. The molecule has 0 aliphatic carbocycles. The molecular formula is C8H12O7S2. The highest BCUT2D eigenvalue weighted by molar-refractivity contribution is 7.85. The van der Waals surface area contributed by atoms with E-state index in [1.807, 2.05) is 6.92 Å². The lowest BCUT2D eigenvalue weighted by Crippen LogP contribution is -2.00. The van der Waals surface area contributed by atoms with Crippen molar-refractivity contribution in [2.75, 3.05) is 0 Å². The van der Waals surface area contributed by atoms with Crippen LogP contribution < -0.4 is 0 Å². The summed E-state index contributed by atoms with van der Waals surface area (Å²) >= 11 is 0. The zero-order valence-corrected chi connectivity index (χ0v) is 10.7. The van der Waals surface area contributed by atoms with Crippen LogP contribution in [0.1, 0.15) is 11.1 Å². The van der Waals surface area contributed by atoms with Crippen molar-refractivity contribution in [3.8, 4) is 0 Å². The molecule has 0 heterocycles. The largest absolute Gasteiger partial charge is 0.394 e. The van der Waals surface area contributed by atoms with E-state index in [0.29, 0.717) is 5.56 Å². The second kappa shape index (κ2) is 5.56. The normalized spacial score (nSPS) is 11.6. The van der Waals surface area contributed by atoms with Crippen molar-refractivity contribution in [1.82, 2.24) is 0 Å². The Balaban J connectivity index is 0.000000437. The summed E-state index contributed by atoms with van der Waals surface area (Å²) in [5, 5.41) is 0. The quantitative estimate of drug-likeness (QED) is 0.653. The van der Waals surface area contributed by atoms with Crippen molar-refractivity contribution >= 4 is 20.5 Å². The van der Waals surface area contributed by atoms with Crippen molar-refractivity contribution in [1.29, 1.82) is 0 Å². The van der Waals surface area contributed by atoms with Gasteiger partial charge in [-0.2, -0.15) is 16.8 Å². The molecule has 1 rings (SSSR count). The lowest BCUT2D eigenvalue weighted by Gasteiger charge is -2.02. The van der Waals surface area contributed by atoms with Crippen molar-refractivity contribution in [3.63, 3.8) is 0 Å². The maximum Gasteiger partial charge on any atom is 0.394 e. The zero-order chi connectivity index (χ0) is 13.9. The molecule has 98 valence electrons. The number of benzene rings is 1. The van der Waals surface area contributed by atoms with Gasteiger partial charge in [-0.3, -0.25) is 13.7 Å². The summed E-state index contributed by atoms with van der Waals surface area (Å²) in [6.07, 6.45) is 0. The number of hydrogen-bond donors (Lipinski definition) is 3. The van der Waals surface area contributed by atoms with Gasteiger partial charge in [0.1, 0.15) is 0 Å². The standard InChI is InChI=1S/C8H10O3S.H2O4S/c1-6-3-4-8(7(2)5-6)12(9,10)11;1-5(2,3)4/h3-5H,1-2H3,(H,9,10,11);(H2,1,2,3,4). The van der Waals surface area contributed by atoms with Crippen LogP contribution in [0.25, 0.3) is 0 Å². The van der Waals surface area contributed by atoms with Crippen LogP contribution in [0.3, 0.4) is 0 Å². The lowest BCUT2D eigenvalue weighted by molar-refractivity contribution is 0.381. The van der Waals surface area contributed by atoms with Gasteiger partial charge in [-0.05, 0) is 25.5 Å². The molecule has 0 aliphatic heterocycles. The summed E-state index contributed by atoms with van der Waals surface area (Å²) < 4.78 is 61.8. The van der Waals surface area contributed by atoms with Crippen LogP contribution in [0.2, 0.25) is 0 Å². The molecule has 0 fully saturated rings. The summed E-state index contributed by atoms with van der Waals surface area (Å²) in [7, 11) is -8.72. The summed E-state index contributed by atoms with van der Waals surface area (Å²) in [5.74, 6) is 0. The Kier molecular flexibility index (Phi) is 5.23. The zero-order valence-electron chi connectivity index (χ0n) is 9.02. The van der Waals surface area contributed by atoms with E-state index in [9.17, 15) is 8.42 Å². The van der Waals surface area contributed by atoms with Crippen molar-refractivity contribution in [3.05, 3.63) is 29.3 Å². The van der Waals surface area contributed by atoms with E-state index in [0.717, 1.165) is 5.56 Å². The minimum atomic E-state index is -4.67. The maximum atomic E-state index is 10.7. The van der Waals surface area contributed by atoms with Gasteiger partial charge in [0.05, 0.1) is 4.90 Å². The first-order valence-electron chi connectivity index (χ1n) is 4.16. The van der Waals surface area contributed by atoms with E-state index in [2.05, 4.69) is 0 Å². The average Bonchev–Trinajstić information content (AvgIpc) is 1.96. The van der Waals surface area contributed by atoms with E-state index in [-0.39, 0.29) is 4.90 Å². The number of aryl methyl sites for hydroxylation is 2. The molecule has 0 aromatic heterocycles. The molecule has 7 nitrogen and oxygen atoms in total. The minimum absolute atomic E-state index is 0.0203. The molecule has 0 amide bonds. The van der Waals surface area contributed by atoms with Gasteiger partial charge in [-0.15, -0.1) is 0 Å². The molecule has 3 N–H and O–H groups in total. The smallest absolute Gasteiger partial charge is 0.282 e. The van der Waals surface area contributed by atoms with Gasteiger partial charge in [0, 0.05) is 0 Å². The summed E-state index contributed by atoms with van der Waals surface area (Å²) in [6.45, 7) is 3.51. The second-order valence-electron chi connectivity index (χ2n) is 3.19. The van der Waals surface area contributed by atoms with Crippen LogP contribution in [0.15, 0.2) is 23.1 Å². The van der Waals surface area contributed by atoms with Crippen LogP contribution in [-0.2, 0) is 20.5 Å². The molecule has 1 aromatic carbocycles. The van der Waals surface area contributed by atoms with Crippen molar-refractivity contribution in [2.45, 2.75) is 18.7 Å². The molecule has 17 heavy (non-hydrogen) atoms. The average molecular weight is 284 g/mol. The van der Waals surface area contributed by atoms with E-state index in [4.69, 9.17) is 22.1 Å². The Bertz CT molecular complexity index is 578. The Morgan fingerprint density at radius 2 is 1.35 bits per heavy atom. The van der Waals surface area contributed by atoms with E-state index >= 15 is 0 Å². The summed E-state index contributed by atoms with van der Waals surface area (Å²) in [6, 6.07) is 4.76. The SMILES string of the molecule is Cc1ccc(S(=O)(=O)O)c(C)c1.O=S(=O)(O)O. The van der Waals surface area contributed by atoms with E-state index < -0.39 is 20.5 Å². The Hall–Kier alpha value is -1.00. The predicted octanol–water partition coefficient (Wildman–Crippen LogP) is 0.897. The van der Waals surface area contributed by atoms with Crippen LogP contribution in [0.5, 0.6) is 0 Å². The first-order valence-corrected chi connectivity index (χ1v) is 6.99. The van der Waals surface area contributed by atoms with E-state index in [1.165, 1.54) is 6.07 Å². The van der Waals surface area contributed by atoms with Gasteiger partial charge in [-0.25, -0.2) is 0 Å². The number of rotatable bonds is 1. The fourth-order valence-corrected chi connectivity index (χ4v) is 1.79. The highest BCUT2D eigenvalue weighted by Gasteiger charge is 2.11. The Morgan fingerprint density at radius 1 is 0.941 bits per heavy atom. The molecule has 0 atom stereocenters. The van der Waals surface area contributed by atoms with Gasteiger partial charge in [0.2, 0.25) is 0 Å². The van der Waals surface area contributed by atoms with Gasteiger partial charge < -0.3 is 0 Å². The molecule has 0 bridgehead atoms. The summed E-state index contributed by atoms with van der Waals surface area (Å²) in [5.41, 5.74) is 1.54. The van der Waals surface area contributed by atoms with E-state index in [1.54, 1.807) is 19.1 Å². The third-order valence-electron chi connectivity index (χ3n) is 1.61. The second-order valence-corrected chi connectivity index (χ2v) is 5.48. The van der Waals surface area contributed by atoms with Crippen molar-refractivity contribution < 1.29 is 30.5 Å². The molecule has 0 saturated carbocycles. The molecule has 0 radical (unpaired) electrons. The minimum Gasteiger partial charge on any atom is -0.282 e. The van der Waals surface area contributed by atoms with Crippen LogP contribution in [0.4, 0.5) is 0 Å². The van der Waals surface area contributed by atoms with Gasteiger partial charge >= 0.3 is 10.4 Å². The highest BCUT2D eigenvalue weighted by Crippen LogP contribution is 2.15. The molecule has 0 saturated heterocycles. The lowest BCUT2D eigenvalue weighted by atomic mass is 10.2. The predicted molar refractivity (Wildman–Crippen MR) is 59.9 cm³/mol. The first kappa shape index (κ1) is 16.0. The Morgan fingerprint density at radius 3 is 1.65 bits per heavy atom. The topological polar surface area (TPSA) is 129 Å². The monoisotopic (exact) mass is 284 g/mol. The molecule has 0 aliphatic rings. The number of hydrogen-bond acceptors (Lipinski definition) is 4. The fraction of sp³-hybridized carbons (Fsp3) is 0.250. The summed E-state index contributed by atoms with van der Waals surface area (Å²) in [4.78, 5) is -0.0203. The maximum absolute atomic E-state index is 10.7. The first-order chi connectivity index (χ1) is 7.41. The molecule has 9 heteroatoms. The third kappa shape index (κ3) is 7.82. The molecule has 1 aromatic rings. The van der Waals surface area contributed by atoms with Gasteiger partial charge in [0.15, 0.2) is 0 Å². The van der Waals surface area contributed by atoms with Crippen LogP contribution >= 0.6 is 0 Å². The molecule has 0 spiro atoms. The molecular weight excluding hydrogens is 272 g/mol. The van der Waals surface area contributed by atoms with Crippen LogP contribution in [-0.4, -0.2) is 30.5 Å². The van der Waals surface area contributed by atoms with Gasteiger partial charge in [-0.1, -0.05) is 17.7 Å².